The minimum atomic E-state index is -0.137. The summed E-state index contributed by atoms with van der Waals surface area (Å²) in [7, 11) is 1.85. The van der Waals surface area contributed by atoms with Gasteiger partial charge in [-0.25, -0.2) is 5.12 Å². The van der Waals surface area contributed by atoms with Crippen molar-refractivity contribution in [3.05, 3.63) is 0 Å². The Hall–Kier alpha value is -0.0900. The first-order valence-corrected chi connectivity index (χ1v) is 3.15. The predicted molar refractivity (Wildman–Crippen MR) is 36.7 cm³/mol. The van der Waals surface area contributed by atoms with Crippen LogP contribution in [-0.2, 0) is 0 Å². The summed E-state index contributed by atoms with van der Waals surface area (Å²) in [6, 6.07) is 0. The molecule has 0 saturated carbocycles. The minimum absolute atomic E-state index is 0.137. The molecule has 46 valence electrons. The van der Waals surface area contributed by atoms with Gasteiger partial charge in [0.25, 0.3) is 0 Å². The average Bonchev–Trinajstić information content (AvgIpc) is 1.82. The molecular formula is C4H8BrN3. The van der Waals surface area contributed by atoms with Crippen LogP contribution in [0.3, 0.4) is 0 Å². The Balaban J connectivity index is 2.58. The third kappa shape index (κ3) is 1.20. The first-order chi connectivity index (χ1) is 3.60. The minimum Gasteiger partial charge on any atom is -0.232 e. The Kier molecular flexibility index (Phi) is 1.28. The average molecular weight is 178 g/mol. The van der Waals surface area contributed by atoms with Crippen molar-refractivity contribution in [1.82, 2.24) is 10.5 Å². The monoisotopic (exact) mass is 177 g/mol. The molecule has 0 radical (unpaired) electrons. The SMILES string of the molecule is CN1N=CC(C)(Br)N1. The number of alkyl halides is 1. The lowest BCUT2D eigenvalue weighted by Crippen LogP contribution is -2.38. The fourth-order valence-electron chi connectivity index (χ4n) is 0.569. The molecule has 1 aliphatic heterocycles. The van der Waals surface area contributed by atoms with Gasteiger partial charge in [0.15, 0.2) is 0 Å². The zero-order valence-corrected chi connectivity index (χ0v) is 6.44. The summed E-state index contributed by atoms with van der Waals surface area (Å²) in [5.41, 5.74) is 3.02. The highest BCUT2D eigenvalue weighted by molar-refractivity contribution is 9.10. The van der Waals surface area contributed by atoms with Gasteiger partial charge < -0.3 is 0 Å². The number of hydrazine groups is 1. The van der Waals surface area contributed by atoms with Crippen LogP contribution in [0.25, 0.3) is 0 Å². The second-order valence-electron chi connectivity index (χ2n) is 1.96. The molecule has 0 aromatic carbocycles. The van der Waals surface area contributed by atoms with Crippen molar-refractivity contribution >= 4 is 22.1 Å². The first-order valence-electron chi connectivity index (χ1n) is 2.36. The van der Waals surface area contributed by atoms with E-state index in [0.29, 0.717) is 0 Å². The summed E-state index contributed by atoms with van der Waals surface area (Å²) in [5, 5.41) is 5.60. The van der Waals surface area contributed by atoms with Gasteiger partial charge in [-0.15, -0.1) is 0 Å². The highest BCUT2D eigenvalue weighted by atomic mass is 79.9. The van der Waals surface area contributed by atoms with E-state index in [1.54, 1.807) is 11.3 Å². The van der Waals surface area contributed by atoms with Crippen LogP contribution in [0.2, 0.25) is 0 Å². The van der Waals surface area contributed by atoms with Crippen LogP contribution in [0, 0.1) is 0 Å². The van der Waals surface area contributed by atoms with Crippen LogP contribution in [0.4, 0.5) is 0 Å². The Morgan fingerprint density at radius 3 is 2.62 bits per heavy atom. The molecule has 1 atom stereocenters. The van der Waals surface area contributed by atoms with E-state index in [0.717, 1.165) is 0 Å². The Labute approximate surface area is 56.8 Å². The third-order valence-electron chi connectivity index (χ3n) is 0.854. The fourth-order valence-corrected chi connectivity index (χ4v) is 0.917. The number of nitrogens with one attached hydrogen (secondary N) is 1. The van der Waals surface area contributed by atoms with E-state index in [2.05, 4.69) is 26.5 Å². The second kappa shape index (κ2) is 1.70. The highest BCUT2D eigenvalue weighted by Crippen LogP contribution is 2.14. The summed E-state index contributed by atoms with van der Waals surface area (Å²) >= 11 is 3.38. The van der Waals surface area contributed by atoms with E-state index >= 15 is 0 Å². The maximum atomic E-state index is 3.94. The molecule has 8 heavy (non-hydrogen) atoms. The quantitative estimate of drug-likeness (QED) is 0.432. The van der Waals surface area contributed by atoms with Crippen molar-refractivity contribution in [3.8, 4) is 0 Å². The van der Waals surface area contributed by atoms with Gasteiger partial charge in [0.05, 0.1) is 6.21 Å². The Morgan fingerprint density at radius 2 is 2.50 bits per heavy atom. The Morgan fingerprint density at radius 1 is 1.88 bits per heavy atom. The molecule has 0 spiro atoms. The molecule has 1 rings (SSSR count). The second-order valence-corrected chi connectivity index (χ2v) is 3.60. The van der Waals surface area contributed by atoms with Gasteiger partial charge in [-0.1, -0.05) is 15.9 Å². The van der Waals surface area contributed by atoms with Crippen LogP contribution in [-0.4, -0.2) is 22.8 Å². The zero-order chi connectivity index (χ0) is 6.20. The van der Waals surface area contributed by atoms with Crippen LogP contribution in [0.1, 0.15) is 6.92 Å². The van der Waals surface area contributed by atoms with E-state index < -0.39 is 0 Å². The van der Waals surface area contributed by atoms with Crippen LogP contribution >= 0.6 is 15.9 Å². The van der Waals surface area contributed by atoms with Gasteiger partial charge in [0, 0.05) is 7.05 Å². The zero-order valence-electron chi connectivity index (χ0n) is 4.85. The van der Waals surface area contributed by atoms with Crippen molar-refractivity contribution in [2.75, 3.05) is 7.05 Å². The smallest absolute Gasteiger partial charge is 0.127 e. The summed E-state index contributed by atoms with van der Waals surface area (Å²) in [5.74, 6) is 0. The normalized spacial score (nSPS) is 36.6. The largest absolute Gasteiger partial charge is 0.232 e. The van der Waals surface area contributed by atoms with Gasteiger partial charge >= 0.3 is 0 Å². The molecule has 0 aromatic rings. The number of nitrogens with zero attached hydrogens (tertiary/aromatic N) is 2. The predicted octanol–water partition coefficient (Wildman–Crippen LogP) is 0.533. The van der Waals surface area contributed by atoms with Crippen molar-refractivity contribution < 1.29 is 0 Å². The molecule has 0 aliphatic carbocycles. The number of halogens is 1. The fraction of sp³-hybridized carbons (Fsp3) is 0.750. The van der Waals surface area contributed by atoms with E-state index in [-0.39, 0.29) is 4.45 Å². The lowest BCUT2D eigenvalue weighted by Gasteiger charge is -2.14. The lowest BCUT2D eigenvalue weighted by atomic mass is 10.4. The van der Waals surface area contributed by atoms with Crippen molar-refractivity contribution in [3.63, 3.8) is 0 Å². The molecule has 4 heteroatoms. The molecule has 1 aliphatic rings. The molecule has 0 fully saturated rings. The van der Waals surface area contributed by atoms with Gasteiger partial charge in [-0.05, 0) is 6.92 Å². The topological polar surface area (TPSA) is 27.6 Å². The van der Waals surface area contributed by atoms with Gasteiger partial charge in [-0.3, -0.25) is 0 Å². The summed E-state index contributed by atoms with van der Waals surface area (Å²) in [6.07, 6.45) is 1.80. The molecule has 0 bridgehead atoms. The van der Waals surface area contributed by atoms with Crippen molar-refractivity contribution in [2.45, 2.75) is 11.4 Å². The molecule has 0 amide bonds. The third-order valence-corrected chi connectivity index (χ3v) is 1.24. The van der Waals surface area contributed by atoms with E-state index in [9.17, 15) is 0 Å². The number of hydrogen-bond donors (Lipinski definition) is 1. The molecule has 0 aromatic heterocycles. The van der Waals surface area contributed by atoms with E-state index in [4.69, 9.17) is 0 Å². The molecule has 1 N–H and O–H groups in total. The van der Waals surface area contributed by atoms with Crippen LogP contribution in [0.5, 0.6) is 0 Å². The highest BCUT2D eigenvalue weighted by Gasteiger charge is 2.22. The Bertz CT molecular complexity index is 120. The summed E-state index contributed by atoms with van der Waals surface area (Å²) < 4.78 is -0.137. The molecule has 1 heterocycles. The number of hydrogen-bond acceptors (Lipinski definition) is 3. The van der Waals surface area contributed by atoms with E-state index in [1.165, 1.54) is 0 Å². The summed E-state index contributed by atoms with van der Waals surface area (Å²) in [4.78, 5) is 0. The molecular weight excluding hydrogens is 170 g/mol. The lowest BCUT2D eigenvalue weighted by molar-refractivity contribution is 0.259. The van der Waals surface area contributed by atoms with Crippen molar-refractivity contribution in [1.29, 1.82) is 0 Å². The molecule has 3 nitrogen and oxygen atoms in total. The van der Waals surface area contributed by atoms with Gasteiger partial charge in [0.2, 0.25) is 0 Å². The van der Waals surface area contributed by atoms with Crippen LogP contribution < -0.4 is 5.43 Å². The van der Waals surface area contributed by atoms with Crippen LogP contribution in [0.15, 0.2) is 5.10 Å². The van der Waals surface area contributed by atoms with Gasteiger partial charge in [0.1, 0.15) is 4.45 Å². The van der Waals surface area contributed by atoms with Gasteiger partial charge in [-0.2, -0.15) is 10.5 Å². The molecule has 1 unspecified atom stereocenters. The first kappa shape index (κ1) is 6.04. The number of rotatable bonds is 0. The molecule has 0 saturated heterocycles. The maximum Gasteiger partial charge on any atom is 0.127 e. The number of hydrazone groups is 1. The van der Waals surface area contributed by atoms with Crippen molar-refractivity contribution in [2.24, 2.45) is 5.10 Å². The standard InChI is InChI=1S/C4H8BrN3/c1-4(5)3-6-8(2)7-4/h3,7H,1-2H3. The van der Waals surface area contributed by atoms with E-state index in [1.807, 2.05) is 14.0 Å². The maximum absolute atomic E-state index is 3.94. The summed E-state index contributed by atoms with van der Waals surface area (Å²) in [6.45, 7) is 1.99.